The third-order valence-electron chi connectivity index (χ3n) is 5.01. The van der Waals surface area contributed by atoms with Crippen LogP contribution in [0, 0.1) is 0 Å². The lowest BCUT2D eigenvalue weighted by Crippen LogP contribution is -2.47. The molecular formula is C21H24N6O. The molecule has 0 spiro atoms. The molecule has 7 nitrogen and oxygen atoms in total. The first kappa shape index (κ1) is 18.0. The van der Waals surface area contributed by atoms with E-state index < -0.39 is 0 Å². The summed E-state index contributed by atoms with van der Waals surface area (Å²) in [5.41, 5.74) is 2.19. The van der Waals surface area contributed by atoms with Crippen molar-refractivity contribution in [2.24, 2.45) is 0 Å². The molecule has 0 unspecified atom stereocenters. The van der Waals surface area contributed by atoms with Gasteiger partial charge in [0.25, 0.3) is 0 Å². The minimum atomic E-state index is 0.667. The van der Waals surface area contributed by atoms with Gasteiger partial charge in [0.05, 0.1) is 19.0 Å². The summed E-state index contributed by atoms with van der Waals surface area (Å²) >= 11 is 0. The van der Waals surface area contributed by atoms with E-state index in [9.17, 15) is 0 Å². The van der Waals surface area contributed by atoms with Crippen molar-refractivity contribution >= 4 is 23.1 Å². The van der Waals surface area contributed by atoms with Crippen molar-refractivity contribution in [3.05, 3.63) is 60.8 Å². The summed E-state index contributed by atoms with van der Waals surface area (Å²) in [4.78, 5) is 11.3. The van der Waals surface area contributed by atoms with Crippen LogP contribution in [-0.2, 0) is 0 Å². The number of hydrogen-bond acceptors (Lipinski definition) is 7. The zero-order valence-electron chi connectivity index (χ0n) is 16.2. The molecule has 28 heavy (non-hydrogen) atoms. The number of ether oxygens (including phenoxy) is 1. The highest BCUT2D eigenvalue weighted by Crippen LogP contribution is 2.29. The summed E-state index contributed by atoms with van der Waals surface area (Å²) in [5.74, 6) is 2.35. The summed E-state index contributed by atoms with van der Waals surface area (Å²) in [6, 6.07) is 18.3. The van der Waals surface area contributed by atoms with Crippen LogP contribution in [0.1, 0.15) is 0 Å². The number of aromatic nitrogens is 3. The Morgan fingerprint density at radius 3 is 2.32 bits per heavy atom. The summed E-state index contributed by atoms with van der Waals surface area (Å²) in [5, 5.41) is 8.45. The van der Waals surface area contributed by atoms with Gasteiger partial charge in [-0.1, -0.05) is 30.3 Å². The Balaban J connectivity index is 1.47. The van der Waals surface area contributed by atoms with E-state index in [4.69, 9.17) is 9.72 Å². The molecule has 1 aromatic heterocycles. The van der Waals surface area contributed by atoms with Crippen molar-refractivity contribution < 1.29 is 4.74 Å². The summed E-state index contributed by atoms with van der Waals surface area (Å²) in [7, 11) is 3.70. The van der Waals surface area contributed by atoms with Gasteiger partial charge in [0.1, 0.15) is 5.75 Å². The first-order valence-corrected chi connectivity index (χ1v) is 9.37. The minimum Gasteiger partial charge on any atom is -0.495 e. The van der Waals surface area contributed by atoms with Crippen molar-refractivity contribution in [1.82, 2.24) is 15.2 Å². The van der Waals surface area contributed by atoms with Gasteiger partial charge in [0.15, 0.2) is 5.82 Å². The van der Waals surface area contributed by atoms with Gasteiger partial charge in [-0.3, -0.25) is 0 Å². The Labute approximate surface area is 165 Å². The molecule has 1 aliphatic rings. The van der Waals surface area contributed by atoms with Gasteiger partial charge in [-0.15, -0.1) is 5.10 Å². The van der Waals surface area contributed by atoms with Crippen molar-refractivity contribution in [3.8, 4) is 5.75 Å². The smallest absolute Gasteiger partial charge is 0.247 e. The number of nitrogens with zero attached hydrogens (tertiary/aromatic N) is 6. The molecule has 1 aliphatic heterocycles. The third kappa shape index (κ3) is 3.69. The second kappa shape index (κ2) is 8.12. The van der Waals surface area contributed by atoms with Crippen LogP contribution >= 0.6 is 0 Å². The number of rotatable bonds is 5. The highest BCUT2D eigenvalue weighted by molar-refractivity contribution is 5.60. The van der Waals surface area contributed by atoms with Gasteiger partial charge >= 0.3 is 0 Å². The highest BCUT2D eigenvalue weighted by atomic mass is 16.5. The highest BCUT2D eigenvalue weighted by Gasteiger charge is 2.22. The molecule has 2 aromatic carbocycles. The number of methoxy groups -OCH3 is 1. The van der Waals surface area contributed by atoms with Crippen LogP contribution in [0.3, 0.4) is 0 Å². The van der Waals surface area contributed by atoms with E-state index in [0.717, 1.165) is 49.1 Å². The number of piperazine rings is 1. The second-order valence-electron chi connectivity index (χ2n) is 6.66. The number of para-hydroxylation sites is 3. The lowest BCUT2D eigenvalue weighted by atomic mass is 10.2. The third-order valence-corrected chi connectivity index (χ3v) is 5.01. The van der Waals surface area contributed by atoms with Gasteiger partial charge in [0, 0.05) is 38.9 Å². The van der Waals surface area contributed by atoms with Gasteiger partial charge in [0.2, 0.25) is 5.95 Å². The SMILES string of the molecule is COc1ccccc1N1CCN(c2nncc(N(C)c3ccccc3)n2)CC1. The van der Waals surface area contributed by atoms with Crippen molar-refractivity contribution in [2.45, 2.75) is 0 Å². The maximum atomic E-state index is 5.50. The predicted molar refractivity (Wildman–Crippen MR) is 112 cm³/mol. The number of anilines is 4. The largest absolute Gasteiger partial charge is 0.495 e. The zero-order chi connectivity index (χ0) is 19.3. The fraction of sp³-hybridized carbons (Fsp3) is 0.286. The summed E-state index contributed by atoms with van der Waals surface area (Å²) < 4.78 is 5.50. The van der Waals surface area contributed by atoms with Crippen LogP contribution in [0.15, 0.2) is 60.8 Å². The molecule has 0 atom stereocenters. The zero-order valence-corrected chi connectivity index (χ0v) is 16.2. The minimum absolute atomic E-state index is 0.667. The molecular weight excluding hydrogens is 352 g/mol. The van der Waals surface area contributed by atoms with E-state index in [1.807, 2.05) is 60.5 Å². The first-order valence-electron chi connectivity index (χ1n) is 9.37. The van der Waals surface area contributed by atoms with Crippen LogP contribution in [0.25, 0.3) is 0 Å². The Morgan fingerprint density at radius 1 is 0.893 bits per heavy atom. The maximum Gasteiger partial charge on any atom is 0.247 e. The molecule has 0 aliphatic carbocycles. The second-order valence-corrected chi connectivity index (χ2v) is 6.66. The summed E-state index contributed by atoms with van der Waals surface area (Å²) in [6.45, 7) is 3.42. The average molecular weight is 376 g/mol. The van der Waals surface area contributed by atoms with E-state index in [-0.39, 0.29) is 0 Å². The van der Waals surface area contributed by atoms with E-state index >= 15 is 0 Å². The first-order chi connectivity index (χ1) is 13.8. The van der Waals surface area contributed by atoms with Crippen LogP contribution in [0.2, 0.25) is 0 Å². The molecule has 7 heteroatoms. The van der Waals surface area contributed by atoms with Gasteiger partial charge < -0.3 is 19.4 Å². The lowest BCUT2D eigenvalue weighted by Gasteiger charge is -2.36. The number of hydrogen-bond donors (Lipinski definition) is 0. The van der Waals surface area contributed by atoms with Gasteiger partial charge in [-0.25, -0.2) is 0 Å². The Kier molecular flexibility index (Phi) is 5.23. The summed E-state index contributed by atoms with van der Waals surface area (Å²) in [6.07, 6.45) is 1.70. The van der Waals surface area contributed by atoms with Crippen molar-refractivity contribution in [1.29, 1.82) is 0 Å². The van der Waals surface area contributed by atoms with Gasteiger partial charge in [-0.2, -0.15) is 10.1 Å². The van der Waals surface area contributed by atoms with Crippen molar-refractivity contribution in [2.75, 3.05) is 55.0 Å². The van der Waals surface area contributed by atoms with E-state index in [1.165, 1.54) is 0 Å². The van der Waals surface area contributed by atoms with Crippen LogP contribution < -0.4 is 19.4 Å². The average Bonchev–Trinajstić information content (AvgIpc) is 2.79. The molecule has 2 heterocycles. The molecule has 0 amide bonds. The lowest BCUT2D eigenvalue weighted by molar-refractivity contribution is 0.413. The van der Waals surface area contributed by atoms with Crippen molar-refractivity contribution in [3.63, 3.8) is 0 Å². The Hall–Kier alpha value is -3.35. The molecule has 0 radical (unpaired) electrons. The predicted octanol–water partition coefficient (Wildman–Crippen LogP) is 2.97. The molecule has 0 saturated carbocycles. The maximum absolute atomic E-state index is 5.50. The quantitative estimate of drug-likeness (QED) is 0.678. The molecule has 1 saturated heterocycles. The molecule has 0 bridgehead atoms. The Bertz CT molecular complexity index is 912. The van der Waals surface area contributed by atoms with Crippen LogP contribution in [0.5, 0.6) is 5.75 Å². The topological polar surface area (TPSA) is 57.6 Å². The normalized spacial score (nSPS) is 14.1. The molecule has 3 aromatic rings. The fourth-order valence-corrected chi connectivity index (χ4v) is 3.40. The molecule has 144 valence electrons. The standard InChI is InChI=1S/C21H24N6O/c1-25(17-8-4-3-5-9-17)20-16-22-24-21(23-20)27-14-12-26(13-15-27)18-10-6-7-11-19(18)28-2/h3-11,16H,12-15H2,1-2H3. The monoisotopic (exact) mass is 376 g/mol. The molecule has 4 rings (SSSR count). The Morgan fingerprint density at radius 2 is 1.57 bits per heavy atom. The van der Waals surface area contributed by atoms with E-state index in [1.54, 1.807) is 13.3 Å². The fourth-order valence-electron chi connectivity index (χ4n) is 3.40. The van der Waals surface area contributed by atoms with Crippen LogP contribution in [-0.4, -0.2) is 55.5 Å². The molecule has 0 N–H and O–H groups in total. The van der Waals surface area contributed by atoms with E-state index in [2.05, 4.69) is 26.1 Å². The molecule has 1 fully saturated rings. The van der Waals surface area contributed by atoms with Crippen LogP contribution in [0.4, 0.5) is 23.1 Å². The van der Waals surface area contributed by atoms with E-state index in [0.29, 0.717) is 5.95 Å². The number of benzene rings is 2. The van der Waals surface area contributed by atoms with Gasteiger partial charge in [-0.05, 0) is 24.3 Å².